The van der Waals surface area contributed by atoms with Crippen LogP contribution in [0.15, 0.2) is 5.38 Å². The van der Waals surface area contributed by atoms with Crippen molar-refractivity contribution in [3.63, 3.8) is 0 Å². The molecule has 1 N–H and O–H groups in total. The summed E-state index contributed by atoms with van der Waals surface area (Å²) in [5, 5.41) is 3.79. The van der Waals surface area contributed by atoms with Gasteiger partial charge in [-0.05, 0) is 14.0 Å². The molecule has 2 fully saturated rings. The number of thiophene rings is 1. The number of halogens is 3. The molecule has 0 spiro atoms. The molecule has 0 saturated carbocycles. The number of nitrogens with one attached hydrogen (secondary N) is 1. The molecule has 4 heterocycles. The van der Waals surface area contributed by atoms with E-state index in [1.165, 1.54) is 12.4 Å². The van der Waals surface area contributed by atoms with Crippen molar-refractivity contribution < 1.29 is 27.5 Å². The van der Waals surface area contributed by atoms with Gasteiger partial charge in [-0.15, -0.1) is 11.3 Å². The quantitative estimate of drug-likeness (QED) is 0.693. The van der Waals surface area contributed by atoms with Crippen LogP contribution in [0.3, 0.4) is 0 Å². The van der Waals surface area contributed by atoms with Gasteiger partial charge in [-0.1, -0.05) is 0 Å². The van der Waals surface area contributed by atoms with Crippen LogP contribution < -0.4 is 10.2 Å². The molecule has 2 aromatic rings. The third-order valence-electron chi connectivity index (χ3n) is 6.20. The van der Waals surface area contributed by atoms with Gasteiger partial charge in [0.25, 0.3) is 5.91 Å². The van der Waals surface area contributed by atoms with E-state index < -0.39 is 17.8 Å². The number of piperazine rings is 1. The predicted molar refractivity (Wildman–Crippen MR) is 121 cm³/mol. The molecule has 2 aromatic heterocycles. The third kappa shape index (κ3) is 4.90. The average molecular weight is 501 g/mol. The number of amides is 2. The first-order valence-corrected chi connectivity index (χ1v) is 12.0. The molecule has 0 radical (unpaired) electrons. The molecule has 2 amide bonds. The Balaban J connectivity index is 1.48. The molecule has 0 aromatic carbocycles. The smallest absolute Gasteiger partial charge is 0.434 e. The SMILES string of the molecule is CNC(=O)c1csc2c(C(F)(F)F)nc(N3CCC(OC(=O)N4CCN(C)C[C@@H]4C)CC3)nc12. The van der Waals surface area contributed by atoms with Gasteiger partial charge < -0.3 is 24.8 Å². The molecule has 2 aliphatic heterocycles. The van der Waals surface area contributed by atoms with Crippen LogP contribution in [0, 0.1) is 0 Å². The maximum Gasteiger partial charge on any atom is 0.434 e. The standard InChI is InChI=1S/C21H27F3N6O3S/c1-12-10-28(3)8-9-30(12)20(32)33-13-4-6-29(7-5-13)19-26-15-14(18(31)25-2)11-34-16(15)17(27-19)21(22,23)24/h11-13H,4-10H2,1-3H3,(H,25,31)/t12-/m0/s1. The molecule has 34 heavy (non-hydrogen) atoms. The second kappa shape index (κ2) is 9.53. The summed E-state index contributed by atoms with van der Waals surface area (Å²) in [7, 11) is 3.42. The maximum absolute atomic E-state index is 13.7. The molecule has 2 saturated heterocycles. The Labute approximate surface area is 198 Å². The lowest BCUT2D eigenvalue weighted by atomic mass is 10.1. The number of carbonyl (C=O) groups excluding carboxylic acids is 2. The van der Waals surface area contributed by atoms with Crippen molar-refractivity contribution in [2.24, 2.45) is 0 Å². The molecule has 1 atom stereocenters. The van der Waals surface area contributed by atoms with Crippen LogP contribution in [0.25, 0.3) is 10.2 Å². The summed E-state index contributed by atoms with van der Waals surface area (Å²) in [5.41, 5.74) is -0.980. The summed E-state index contributed by atoms with van der Waals surface area (Å²) in [5.74, 6) is -0.589. The van der Waals surface area contributed by atoms with Crippen molar-refractivity contribution in [1.82, 2.24) is 25.1 Å². The topological polar surface area (TPSA) is 90.9 Å². The van der Waals surface area contributed by atoms with Crippen molar-refractivity contribution in [3.05, 3.63) is 16.6 Å². The van der Waals surface area contributed by atoms with E-state index in [0.717, 1.165) is 24.4 Å². The summed E-state index contributed by atoms with van der Waals surface area (Å²) in [6.07, 6.45) is -4.48. The Kier molecular flexibility index (Phi) is 6.85. The molecule has 0 bridgehead atoms. The highest BCUT2D eigenvalue weighted by molar-refractivity contribution is 7.17. The van der Waals surface area contributed by atoms with Gasteiger partial charge in [0.2, 0.25) is 5.95 Å². The molecular formula is C21H27F3N6O3S. The zero-order chi connectivity index (χ0) is 24.6. The molecular weight excluding hydrogens is 473 g/mol. The van der Waals surface area contributed by atoms with Gasteiger partial charge in [-0.3, -0.25) is 4.79 Å². The number of piperidine rings is 1. The fourth-order valence-corrected chi connectivity index (χ4v) is 5.33. The van der Waals surface area contributed by atoms with Gasteiger partial charge in [0.15, 0.2) is 5.69 Å². The number of likely N-dealkylation sites (N-methyl/N-ethyl adjacent to an activating group) is 1. The maximum atomic E-state index is 13.7. The monoisotopic (exact) mass is 500 g/mol. The Morgan fingerprint density at radius 1 is 1.18 bits per heavy atom. The summed E-state index contributed by atoms with van der Waals surface area (Å²) >= 11 is 0.798. The first-order chi connectivity index (χ1) is 16.1. The van der Waals surface area contributed by atoms with Crippen LogP contribution in [0.1, 0.15) is 35.8 Å². The Morgan fingerprint density at radius 3 is 2.50 bits per heavy atom. The van der Waals surface area contributed by atoms with Gasteiger partial charge in [0, 0.05) is 64.0 Å². The van der Waals surface area contributed by atoms with Crippen molar-refractivity contribution >= 4 is 39.5 Å². The number of fused-ring (bicyclic) bond motifs is 1. The van der Waals surface area contributed by atoms with Gasteiger partial charge >= 0.3 is 12.3 Å². The molecule has 9 nitrogen and oxygen atoms in total. The summed E-state index contributed by atoms with van der Waals surface area (Å²) in [6, 6.07) is 0.0485. The average Bonchev–Trinajstić information content (AvgIpc) is 3.21. The molecule has 0 unspecified atom stereocenters. The summed E-state index contributed by atoms with van der Waals surface area (Å²) < 4.78 is 46.7. The van der Waals surface area contributed by atoms with E-state index in [9.17, 15) is 22.8 Å². The van der Waals surface area contributed by atoms with E-state index in [-0.39, 0.29) is 40.0 Å². The minimum atomic E-state index is -4.69. The zero-order valence-electron chi connectivity index (χ0n) is 19.2. The number of carbonyl (C=O) groups is 2. The predicted octanol–water partition coefficient (Wildman–Crippen LogP) is 2.81. The number of rotatable bonds is 3. The highest BCUT2D eigenvalue weighted by atomic mass is 32.1. The van der Waals surface area contributed by atoms with Crippen molar-refractivity contribution in [2.75, 3.05) is 51.7 Å². The van der Waals surface area contributed by atoms with Crippen LogP contribution in [-0.4, -0.2) is 90.7 Å². The number of aromatic nitrogens is 2. The zero-order valence-corrected chi connectivity index (χ0v) is 20.0. The molecule has 0 aliphatic carbocycles. The van der Waals surface area contributed by atoms with Gasteiger partial charge in [0.1, 0.15) is 11.6 Å². The first-order valence-electron chi connectivity index (χ1n) is 11.1. The van der Waals surface area contributed by atoms with Crippen LogP contribution in [-0.2, 0) is 10.9 Å². The molecule has 13 heteroatoms. The Hall–Kier alpha value is -2.67. The van der Waals surface area contributed by atoms with Crippen molar-refractivity contribution in [2.45, 2.75) is 38.1 Å². The lowest BCUT2D eigenvalue weighted by Gasteiger charge is -2.39. The largest absolute Gasteiger partial charge is 0.446 e. The number of alkyl halides is 3. The summed E-state index contributed by atoms with van der Waals surface area (Å²) in [4.78, 5) is 38.4. The number of anilines is 1. The van der Waals surface area contributed by atoms with E-state index >= 15 is 0 Å². The fraction of sp³-hybridized carbons (Fsp3) is 0.619. The van der Waals surface area contributed by atoms with Crippen LogP contribution in [0.2, 0.25) is 0 Å². The number of ether oxygens (including phenoxy) is 1. The fourth-order valence-electron chi connectivity index (χ4n) is 4.33. The second-order valence-electron chi connectivity index (χ2n) is 8.65. The minimum absolute atomic E-state index is 0.0146. The van der Waals surface area contributed by atoms with Gasteiger partial charge in [-0.2, -0.15) is 13.2 Å². The molecule has 4 rings (SSSR count). The van der Waals surface area contributed by atoms with Gasteiger partial charge in [-0.25, -0.2) is 14.8 Å². The second-order valence-corrected chi connectivity index (χ2v) is 9.53. The first kappa shape index (κ1) is 24.5. The van der Waals surface area contributed by atoms with Crippen LogP contribution in [0.5, 0.6) is 0 Å². The van der Waals surface area contributed by atoms with Crippen molar-refractivity contribution in [1.29, 1.82) is 0 Å². The lowest BCUT2D eigenvalue weighted by Crippen LogP contribution is -2.53. The number of nitrogens with zero attached hydrogens (tertiary/aromatic N) is 5. The van der Waals surface area contributed by atoms with Crippen molar-refractivity contribution in [3.8, 4) is 0 Å². The number of hydrogen-bond donors (Lipinski definition) is 1. The summed E-state index contributed by atoms with van der Waals surface area (Å²) in [6.45, 7) is 4.78. The molecule has 2 aliphatic rings. The lowest BCUT2D eigenvalue weighted by molar-refractivity contribution is -0.139. The molecule has 186 valence electrons. The van der Waals surface area contributed by atoms with E-state index in [1.54, 1.807) is 9.80 Å². The number of hydrogen-bond acceptors (Lipinski definition) is 8. The van der Waals surface area contributed by atoms with Gasteiger partial charge in [0.05, 0.1) is 10.3 Å². The van der Waals surface area contributed by atoms with E-state index in [0.29, 0.717) is 32.5 Å². The van der Waals surface area contributed by atoms with E-state index in [1.807, 2.05) is 14.0 Å². The Morgan fingerprint density at radius 2 is 1.88 bits per heavy atom. The van der Waals surface area contributed by atoms with Crippen LogP contribution in [0.4, 0.5) is 23.9 Å². The Bertz CT molecular complexity index is 1070. The highest BCUT2D eigenvalue weighted by Gasteiger charge is 2.38. The third-order valence-corrected chi connectivity index (χ3v) is 7.18. The van der Waals surface area contributed by atoms with E-state index in [4.69, 9.17) is 4.74 Å². The normalized spacial score (nSPS) is 20.6. The minimum Gasteiger partial charge on any atom is -0.446 e. The van der Waals surface area contributed by atoms with E-state index in [2.05, 4.69) is 20.2 Å². The highest BCUT2D eigenvalue weighted by Crippen LogP contribution is 2.38. The van der Waals surface area contributed by atoms with Crippen LogP contribution >= 0.6 is 11.3 Å².